The van der Waals surface area contributed by atoms with Crippen molar-refractivity contribution >= 4 is 9.84 Å². The van der Waals surface area contributed by atoms with Gasteiger partial charge < -0.3 is 10.4 Å². The van der Waals surface area contributed by atoms with E-state index in [0.29, 0.717) is 11.3 Å². The number of hydrogen-bond donors (Lipinski definition) is 2. The van der Waals surface area contributed by atoms with Crippen molar-refractivity contribution in [3.8, 4) is 0 Å². The molecule has 0 saturated heterocycles. The van der Waals surface area contributed by atoms with Crippen LogP contribution in [0.5, 0.6) is 0 Å². The Bertz CT molecular complexity index is 553. The van der Waals surface area contributed by atoms with E-state index < -0.39 is 15.1 Å². The van der Waals surface area contributed by atoms with Crippen LogP contribution in [0.25, 0.3) is 0 Å². The Morgan fingerprint density at radius 3 is 2.48 bits per heavy atom. The molecule has 1 aromatic rings. The number of aryl methyl sites for hydroxylation is 1. The van der Waals surface area contributed by atoms with Crippen molar-refractivity contribution in [2.24, 2.45) is 0 Å². The van der Waals surface area contributed by atoms with E-state index in [0.717, 1.165) is 24.8 Å². The van der Waals surface area contributed by atoms with Gasteiger partial charge in [-0.15, -0.1) is 0 Å². The Kier molecular flexibility index (Phi) is 5.41. The number of benzene rings is 1. The van der Waals surface area contributed by atoms with Gasteiger partial charge in [0.25, 0.3) is 0 Å². The Morgan fingerprint density at radius 2 is 1.86 bits per heavy atom. The van der Waals surface area contributed by atoms with Gasteiger partial charge in [0.2, 0.25) is 0 Å². The SMILES string of the molecule is Cc1ccc(S(=O)(=O)C2CCCCC2NC(C)CO)cc1. The molecule has 3 unspecified atom stereocenters. The van der Waals surface area contributed by atoms with E-state index >= 15 is 0 Å². The summed E-state index contributed by atoms with van der Waals surface area (Å²) < 4.78 is 25.8. The molecule has 2 N–H and O–H groups in total. The molecule has 21 heavy (non-hydrogen) atoms. The summed E-state index contributed by atoms with van der Waals surface area (Å²) in [6.07, 6.45) is 3.52. The van der Waals surface area contributed by atoms with Crippen molar-refractivity contribution in [1.82, 2.24) is 5.32 Å². The second kappa shape index (κ2) is 6.90. The average Bonchev–Trinajstić information content (AvgIpc) is 2.48. The fourth-order valence-corrected chi connectivity index (χ4v) is 4.97. The van der Waals surface area contributed by atoms with Crippen LogP contribution in [0, 0.1) is 6.92 Å². The van der Waals surface area contributed by atoms with Crippen LogP contribution >= 0.6 is 0 Å². The lowest BCUT2D eigenvalue weighted by molar-refractivity contribution is 0.228. The van der Waals surface area contributed by atoms with Crippen LogP contribution in [0.3, 0.4) is 0 Å². The molecule has 1 fully saturated rings. The summed E-state index contributed by atoms with van der Waals surface area (Å²) in [5.41, 5.74) is 1.06. The minimum Gasteiger partial charge on any atom is -0.395 e. The summed E-state index contributed by atoms with van der Waals surface area (Å²) in [7, 11) is -3.33. The van der Waals surface area contributed by atoms with Gasteiger partial charge in [-0.05, 0) is 38.8 Å². The predicted octanol–water partition coefficient (Wildman–Crippen LogP) is 2.05. The van der Waals surface area contributed by atoms with Crippen LogP contribution in [-0.4, -0.2) is 37.5 Å². The first kappa shape index (κ1) is 16.5. The molecule has 0 radical (unpaired) electrons. The number of sulfone groups is 1. The van der Waals surface area contributed by atoms with Gasteiger partial charge in [0, 0.05) is 12.1 Å². The summed E-state index contributed by atoms with van der Waals surface area (Å²) >= 11 is 0. The molecule has 0 aliphatic heterocycles. The summed E-state index contributed by atoms with van der Waals surface area (Å²) in [6, 6.07) is 6.93. The maximum atomic E-state index is 12.9. The standard InChI is InChI=1S/C16H25NO3S/c1-12-7-9-14(10-8-12)21(19,20)16-6-4-3-5-15(16)17-13(2)11-18/h7-10,13,15-18H,3-6,11H2,1-2H3. The molecule has 0 heterocycles. The molecule has 3 atom stereocenters. The van der Waals surface area contributed by atoms with Crippen molar-refractivity contribution in [1.29, 1.82) is 0 Å². The summed E-state index contributed by atoms with van der Waals surface area (Å²) in [4.78, 5) is 0.406. The van der Waals surface area contributed by atoms with E-state index in [9.17, 15) is 13.5 Å². The first-order valence-corrected chi connectivity index (χ1v) is 9.17. The fraction of sp³-hybridized carbons (Fsp3) is 0.625. The predicted molar refractivity (Wildman–Crippen MR) is 84.1 cm³/mol. The molecule has 0 bridgehead atoms. The average molecular weight is 311 g/mol. The molecule has 5 heteroatoms. The zero-order chi connectivity index (χ0) is 15.5. The smallest absolute Gasteiger partial charge is 0.182 e. The highest BCUT2D eigenvalue weighted by Gasteiger charge is 2.36. The lowest BCUT2D eigenvalue weighted by Crippen LogP contribution is -2.50. The lowest BCUT2D eigenvalue weighted by Gasteiger charge is -2.33. The third kappa shape index (κ3) is 3.84. The van der Waals surface area contributed by atoms with Gasteiger partial charge in [-0.3, -0.25) is 0 Å². The Labute approximate surface area is 127 Å². The van der Waals surface area contributed by atoms with Gasteiger partial charge in [-0.2, -0.15) is 0 Å². The van der Waals surface area contributed by atoms with Gasteiger partial charge >= 0.3 is 0 Å². The number of hydrogen-bond acceptors (Lipinski definition) is 4. The highest BCUT2D eigenvalue weighted by molar-refractivity contribution is 7.92. The van der Waals surface area contributed by atoms with Crippen LogP contribution in [0.15, 0.2) is 29.2 Å². The van der Waals surface area contributed by atoms with Crippen LogP contribution in [0.2, 0.25) is 0 Å². The van der Waals surface area contributed by atoms with E-state index in [-0.39, 0.29) is 18.7 Å². The molecule has 0 aromatic heterocycles. The maximum absolute atomic E-state index is 12.9. The summed E-state index contributed by atoms with van der Waals surface area (Å²) in [5, 5.41) is 12.1. The number of aliphatic hydroxyl groups is 1. The van der Waals surface area contributed by atoms with Crippen LogP contribution < -0.4 is 5.32 Å². The Balaban J connectivity index is 2.25. The van der Waals surface area contributed by atoms with Gasteiger partial charge in [-0.1, -0.05) is 30.5 Å². The van der Waals surface area contributed by atoms with E-state index in [1.54, 1.807) is 12.1 Å². The lowest BCUT2D eigenvalue weighted by atomic mass is 9.94. The van der Waals surface area contributed by atoms with Gasteiger partial charge in [-0.25, -0.2) is 8.42 Å². The van der Waals surface area contributed by atoms with Gasteiger partial charge in [0.1, 0.15) is 0 Å². The van der Waals surface area contributed by atoms with Gasteiger partial charge in [0.05, 0.1) is 16.8 Å². The first-order valence-electron chi connectivity index (χ1n) is 7.62. The largest absolute Gasteiger partial charge is 0.395 e. The zero-order valence-corrected chi connectivity index (χ0v) is 13.6. The topological polar surface area (TPSA) is 66.4 Å². The summed E-state index contributed by atoms with van der Waals surface area (Å²) in [6.45, 7) is 3.85. The third-order valence-corrected chi connectivity index (χ3v) is 6.51. The van der Waals surface area contributed by atoms with Gasteiger partial charge in [0.15, 0.2) is 9.84 Å². The molecule has 0 spiro atoms. The molecular weight excluding hydrogens is 286 g/mol. The second-order valence-corrected chi connectivity index (χ2v) is 8.20. The fourth-order valence-electron chi connectivity index (χ4n) is 2.98. The molecule has 1 aromatic carbocycles. The molecule has 0 amide bonds. The van der Waals surface area contributed by atoms with Crippen LogP contribution in [-0.2, 0) is 9.84 Å². The number of rotatable bonds is 5. The monoisotopic (exact) mass is 311 g/mol. The second-order valence-electron chi connectivity index (χ2n) is 6.04. The third-order valence-electron chi connectivity index (χ3n) is 4.22. The Hall–Kier alpha value is -0.910. The highest BCUT2D eigenvalue weighted by Crippen LogP contribution is 2.29. The van der Waals surface area contributed by atoms with Crippen molar-refractivity contribution in [3.05, 3.63) is 29.8 Å². The summed E-state index contributed by atoms with van der Waals surface area (Å²) in [5.74, 6) is 0. The number of nitrogens with one attached hydrogen (secondary N) is 1. The zero-order valence-electron chi connectivity index (χ0n) is 12.7. The quantitative estimate of drug-likeness (QED) is 0.873. The van der Waals surface area contributed by atoms with Crippen LogP contribution in [0.4, 0.5) is 0 Å². The minimum atomic E-state index is -3.33. The first-order chi connectivity index (χ1) is 9.95. The van der Waals surface area contributed by atoms with Crippen molar-refractivity contribution in [3.63, 3.8) is 0 Å². The number of aliphatic hydroxyl groups excluding tert-OH is 1. The maximum Gasteiger partial charge on any atom is 0.182 e. The van der Waals surface area contributed by atoms with Crippen molar-refractivity contribution < 1.29 is 13.5 Å². The normalized spacial score (nSPS) is 24.7. The van der Waals surface area contributed by atoms with E-state index in [4.69, 9.17) is 0 Å². The Morgan fingerprint density at radius 1 is 1.24 bits per heavy atom. The van der Waals surface area contributed by atoms with E-state index in [1.807, 2.05) is 26.0 Å². The molecule has 1 saturated carbocycles. The molecule has 2 rings (SSSR count). The molecule has 1 aliphatic carbocycles. The molecular formula is C16H25NO3S. The van der Waals surface area contributed by atoms with Crippen molar-refractivity contribution in [2.45, 2.75) is 61.8 Å². The highest BCUT2D eigenvalue weighted by atomic mass is 32.2. The molecule has 1 aliphatic rings. The molecule has 4 nitrogen and oxygen atoms in total. The van der Waals surface area contributed by atoms with Crippen molar-refractivity contribution in [2.75, 3.05) is 6.61 Å². The van der Waals surface area contributed by atoms with E-state index in [1.165, 1.54) is 0 Å². The van der Waals surface area contributed by atoms with E-state index in [2.05, 4.69) is 5.32 Å². The van der Waals surface area contributed by atoms with Crippen LogP contribution in [0.1, 0.15) is 38.2 Å². The minimum absolute atomic E-state index is 0.0216. The molecule has 118 valence electrons.